The molecule has 3 rings (SSSR count). The van der Waals surface area contributed by atoms with E-state index in [1.54, 1.807) is 24.3 Å². The van der Waals surface area contributed by atoms with Crippen LogP contribution in [0.2, 0.25) is 0 Å². The van der Waals surface area contributed by atoms with E-state index < -0.39 is 27.9 Å². The molecule has 0 bridgehead atoms. The van der Waals surface area contributed by atoms with Gasteiger partial charge >= 0.3 is 5.97 Å². The van der Waals surface area contributed by atoms with Crippen LogP contribution in [0.25, 0.3) is 0 Å². The molecule has 2 aromatic carbocycles. The number of carbonyl (C=O) groups excluding carboxylic acids is 1. The molecule has 8 heteroatoms. The van der Waals surface area contributed by atoms with E-state index in [-0.39, 0.29) is 6.42 Å². The number of hydrogen-bond acceptors (Lipinski definition) is 4. The van der Waals surface area contributed by atoms with Crippen molar-refractivity contribution in [3.8, 4) is 0 Å². The molecule has 0 aromatic heterocycles. The number of aliphatic carboxylic acids is 1. The molecule has 1 amide bonds. The Kier molecular flexibility index (Phi) is 5.18. The Morgan fingerprint density at radius 3 is 2.52 bits per heavy atom. The van der Waals surface area contributed by atoms with Gasteiger partial charge in [-0.15, -0.1) is 0 Å². The van der Waals surface area contributed by atoms with E-state index >= 15 is 0 Å². The quantitative estimate of drug-likeness (QED) is 0.779. The third kappa shape index (κ3) is 4.28. The average Bonchev–Trinajstić information content (AvgIpc) is 3.05. The summed E-state index contributed by atoms with van der Waals surface area (Å²) < 4.78 is 24.9. The first-order valence-corrected chi connectivity index (χ1v) is 10.3. The van der Waals surface area contributed by atoms with E-state index in [2.05, 4.69) is 5.32 Å². The number of nitrogens with zero attached hydrogens (tertiary/aromatic N) is 1. The van der Waals surface area contributed by atoms with Gasteiger partial charge in [-0.1, -0.05) is 30.3 Å². The van der Waals surface area contributed by atoms with Gasteiger partial charge in [-0.25, -0.2) is 13.2 Å². The van der Waals surface area contributed by atoms with Gasteiger partial charge < -0.3 is 10.4 Å². The monoisotopic (exact) mass is 388 g/mol. The summed E-state index contributed by atoms with van der Waals surface area (Å²) in [5, 5.41) is 12.0. The van der Waals surface area contributed by atoms with Gasteiger partial charge in [0.25, 0.3) is 5.91 Å². The summed E-state index contributed by atoms with van der Waals surface area (Å²) in [5.74, 6) is -1.62. The lowest BCUT2D eigenvalue weighted by atomic mass is 10.0. The molecule has 2 N–H and O–H groups in total. The zero-order valence-corrected chi connectivity index (χ0v) is 15.6. The molecule has 7 nitrogen and oxygen atoms in total. The first-order valence-electron chi connectivity index (χ1n) is 8.44. The van der Waals surface area contributed by atoms with Crippen molar-refractivity contribution in [1.82, 2.24) is 5.32 Å². The van der Waals surface area contributed by atoms with Gasteiger partial charge in [0, 0.05) is 18.5 Å². The van der Waals surface area contributed by atoms with Gasteiger partial charge in [0.2, 0.25) is 10.0 Å². The summed E-state index contributed by atoms with van der Waals surface area (Å²) in [6.45, 7) is 0.338. The molecule has 27 heavy (non-hydrogen) atoms. The van der Waals surface area contributed by atoms with Crippen LogP contribution in [0, 0.1) is 0 Å². The molecule has 0 saturated carbocycles. The van der Waals surface area contributed by atoms with Crippen molar-refractivity contribution in [3.05, 3.63) is 65.2 Å². The predicted molar refractivity (Wildman–Crippen MR) is 101 cm³/mol. The molecule has 2 aromatic rings. The van der Waals surface area contributed by atoms with Crippen molar-refractivity contribution in [2.75, 3.05) is 17.1 Å². The molecule has 142 valence electrons. The third-order valence-corrected chi connectivity index (χ3v) is 5.66. The predicted octanol–water partition coefficient (Wildman–Crippen LogP) is 1.43. The van der Waals surface area contributed by atoms with Gasteiger partial charge in [-0.3, -0.25) is 9.10 Å². The second kappa shape index (κ2) is 7.40. The maximum Gasteiger partial charge on any atom is 0.326 e. The van der Waals surface area contributed by atoms with Crippen LogP contribution in [0.15, 0.2) is 48.5 Å². The maximum atomic E-state index is 12.5. The molecular weight excluding hydrogens is 368 g/mol. The van der Waals surface area contributed by atoms with Crippen molar-refractivity contribution < 1.29 is 23.1 Å². The molecule has 0 fully saturated rings. The minimum atomic E-state index is -3.36. The first-order chi connectivity index (χ1) is 12.8. The molecule has 1 unspecified atom stereocenters. The summed E-state index contributed by atoms with van der Waals surface area (Å²) >= 11 is 0. The third-order valence-electron chi connectivity index (χ3n) is 4.48. The standard InChI is InChI=1S/C19H20N2O5S/c1-27(25,26)21-10-9-14-12-15(7-8-17(14)21)18(22)20-16(19(23)24)11-13-5-3-2-4-6-13/h2-8,12,16H,9-11H2,1H3,(H,20,22)(H,23,24). The fourth-order valence-corrected chi connectivity index (χ4v) is 4.11. The van der Waals surface area contributed by atoms with Crippen molar-refractivity contribution >= 4 is 27.6 Å². The van der Waals surface area contributed by atoms with Gasteiger partial charge in [0.15, 0.2) is 0 Å². The number of amides is 1. The number of carbonyl (C=O) groups is 2. The van der Waals surface area contributed by atoms with E-state index in [0.29, 0.717) is 24.2 Å². The van der Waals surface area contributed by atoms with Crippen LogP contribution in [0.5, 0.6) is 0 Å². The molecule has 1 atom stereocenters. The van der Waals surface area contributed by atoms with Crippen molar-refractivity contribution in [1.29, 1.82) is 0 Å². The second-order valence-corrected chi connectivity index (χ2v) is 8.39. The van der Waals surface area contributed by atoms with E-state index in [9.17, 15) is 23.1 Å². The number of fused-ring (bicyclic) bond motifs is 1. The van der Waals surface area contributed by atoms with E-state index in [1.165, 1.54) is 10.4 Å². The van der Waals surface area contributed by atoms with Crippen LogP contribution in [-0.4, -0.2) is 44.2 Å². The number of anilines is 1. The normalized spacial score (nSPS) is 14.5. The van der Waals surface area contributed by atoms with E-state index in [4.69, 9.17) is 0 Å². The number of sulfonamides is 1. The fourth-order valence-electron chi connectivity index (χ4n) is 3.15. The number of benzene rings is 2. The lowest BCUT2D eigenvalue weighted by molar-refractivity contribution is -0.139. The highest BCUT2D eigenvalue weighted by Crippen LogP contribution is 2.30. The zero-order chi connectivity index (χ0) is 19.6. The van der Waals surface area contributed by atoms with Gasteiger partial charge in [-0.05, 0) is 35.7 Å². The molecule has 0 saturated heterocycles. The van der Waals surface area contributed by atoms with Gasteiger partial charge in [0.05, 0.1) is 11.9 Å². The SMILES string of the molecule is CS(=O)(=O)N1CCc2cc(C(=O)NC(Cc3ccccc3)C(=O)O)ccc21. The topological polar surface area (TPSA) is 104 Å². The molecular formula is C19H20N2O5S. The number of carboxylic acid groups (broad SMARTS) is 1. The summed E-state index contributed by atoms with van der Waals surface area (Å²) in [7, 11) is -3.36. The molecule has 0 radical (unpaired) electrons. The van der Waals surface area contributed by atoms with Crippen LogP contribution in [0.3, 0.4) is 0 Å². The summed E-state index contributed by atoms with van der Waals surface area (Å²) in [6.07, 6.45) is 1.83. The Bertz CT molecular complexity index is 973. The lowest BCUT2D eigenvalue weighted by Crippen LogP contribution is -2.42. The molecule has 1 aliphatic rings. The second-order valence-electron chi connectivity index (χ2n) is 6.48. The highest BCUT2D eigenvalue weighted by molar-refractivity contribution is 7.92. The van der Waals surface area contributed by atoms with E-state index in [1.807, 2.05) is 18.2 Å². The number of nitrogens with one attached hydrogen (secondary N) is 1. The zero-order valence-electron chi connectivity index (χ0n) is 14.8. The summed E-state index contributed by atoms with van der Waals surface area (Å²) in [4.78, 5) is 24.0. The van der Waals surface area contributed by atoms with Crippen LogP contribution in [-0.2, 0) is 27.7 Å². The van der Waals surface area contributed by atoms with E-state index in [0.717, 1.165) is 17.4 Å². The molecule has 0 aliphatic carbocycles. The summed E-state index contributed by atoms with van der Waals surface area (Å²) in [6, 6.07) is 12.7. The average molecular weight is 388 g/mol. The maximum absolute atomic E-state index is 12.5. The highest BCUT2D eigenvalue weighted by atomic mass is 32.2. The first kappa shape index (κ1) is 18.9. The Labute approximate surface area is 157 Å². The Morgan fingerprint density at radius 1 is 1.19 bits per heavy atom. The van der Waals surface area contributed by atoms with Crippen LogP contribution in [0.4, 0.5) is 5.69 Å². The minimum absolute atomic E-state index is 0.175. The van der Waals surface area contributed by atoms with Crippen molar-refractivity contribution in [3.63, 3.8) is 0 Å². The lowest BCUT2D eigenvalue weighted by Gasteiger charge is -2.17. The van der Waals surface area contributed by atoms with Gasteiger partial charge in [0.1, 0.15) is 6.04 Å². The number of carboxylic acids is 1. The number of rotatable bonds is 6. The molecule has 1 aliphatic heterocycles. The van der Waals surface area contributed by atoms with Crippen molar-refractivity contribution in [2.45, 2.75) is 18.9 Å². The van der Waals surface area contributed by atoms with Crippen molar-refractivity contribution in [2.24, 2.45) is 0 Å². The smallest absolute Gasteiger partial charge is 0.326 e. The molecule has 0 spiro atoms. The summed E-state index contributed by atoms with van der Waals surface area (Å²) in [5.41, 5.74) is 2.43. The Hall–Kier alpha value is -2.87. The molecule has 1 heterocycles. The Balaban J connectivity index is 1.77. The highest BCUT2D eigenvalue weighted by Gasteiger charge is 2.27. The number of hydrogen-bond donors (Lipinski definition) is 2. The van der Waals surface area contributed by atoms with Crippen LogP contribution >= 0.6 is 0 Å². The fraction of sp³-hybridized carbons (Fsp3) is 0.263. The minimum Gasteiger partial charge on any atom is -0.480 e. The van der Waals surface area contributed by atoms with Crippen LogP contribution < -0.4 is 9.62 Å². The van der Waals surface area contributed by atoms with Gasteiger partial charge in [-0.2, -0.15) is 0 Å². The largest absolute Gasteiger partial charge is 0.480 e. The Morgan fingerprint density at radius 2 is 1.89 bits per heavy atom. The van der Waals surface area contributed by atoms with Crippen LogP contribution in [0.1, 0.15) is 21.5 Å².